The largest absolute Gasteiger partial charge is 0.494 e. The van der Waals surface area contributed by atoms with Crippen molar-refractivity contribution in [1.29, 1.82) is 0 Å². The van der Waals surface area contributed by atoms with Crippen LogP contribution in [0.25, 0.3) is 23.1 Å². The zero-order valence-electron chi connectivity index (χ0n) is 17.1. The summed E-state index contributed by atoms with van der Waals surface area (Å²) in [6.45, 7) is 2.63. The van der Waals surface area contributed by atoms with Gasteiger partial charge in [0.25, 0.3) is 0 Å². The molecule has 0 spiro atoms. The maximum Gasteiger partial charge on any atom is 0.152 e. The first-order chi connectivity index (χ1) is 14.7. The topological polar surface area (TPSA) is 73.1 Å². The molecule has 0 unspecified atom stereocenters. The summed E-state index contributed by atoms with van der Waals surface area (Å²) in [5, 5.41) is 1.80. The fourth-order valence-corrected chi connectivity index (χ4v) is 4.20. The number of fused-ring (bicyclic) bond motifs is 1. The van der Waals surface area contributed by atoms with E-state index in [2.05, 4.69) is 11.5 Å². The van der Waals surface area contributed by atoms with Crippen molar-refractivity contribution in [3.8, 4) is 5.75 Å². The van der Waals surface area contributed by atoms with E-state index in [1.165, 1.54) is 0 Å². The second-order valence-electron chi connectivity index (χ2n) is 7.68. The molecule has 3 aromatic rings. The van der Waals surface area contributed by atoms with E-state index < -0.39 is 0 Å². The number of hydrogen-bond acceptors (Lipinski definition) is 5. The molecular weight excluding hydrogens is 396 g/mol. The number of benzene rings is 2. The van der Waals surface area contributed by atoms with Crippen molar-refractivity contribution < 1.29 is 4.74 Å². The summed E-state index contributed by atoms with van der Waals surface area (Å²) in [5.74, 6) is 7.61. The second-order valence-corrected chi connectivity index (χ2v) is 8.12. The predicted molar refractivity (Wildman–Crippen MR) is 123 cm³/mol. The molecule has 1 fully saturated rings. The van der Waals surface area contributed by atoms with E-state index in [0.717, 1.165) is 64.4 Å². The van der Waals surface area contributed by atoms with Crippen molar-refractivity contribution in [2.24, 2.45) is 5.84 Å². The van der Waals surface area contributed by atoms with Gasteiger partial charge in [0.05, 0.1) is 17.8 Å². The van der Waals surface area contributed by atoms with Gasteiger partial charge in [0.2, 0.25) is 0 Å². The Balaban J connectivity index is 1.71. The number of ether oxygens (including phenoxy) is 1. The minimum Gasteiger partial charge on any atom is -0.494 e. The average Bonchev–Trinajstić information content (AvgIpc) is 2.78. The summed E-state index contributed by atoms with van der Waals surface area (Å²) in [4.78, 5) is 9.76. The Kier molecular flexibility index (Phi) is 6.62. The third-order valence-electron chi connectivity index (χ3n) is 5.67. The van der Waals surface area contributed by atoms with E-state index >= 15 is 0 Å². The lowest BCUT2D eigenvalue weighted by Crippen LogP contribution is -2.37. The van der Waals surface area contributed by atoms with Gasteiger partial charge in [-0.1, -0.05) is 29.8 Å². The maximum atomic E-state index is 5.99. The molecule has 0 bridgehead atoms. The Hall–Kier alpha value is -2.47. The minimum absolute atomic E-state index is 0.387. The van der Waals surface area contributed by atoms with Gasteiger partial charge in [-0.3, -0.25) is 11.3 Å². The van der Waals surface area contributed by atoms with Gasteiger partial charge in [-0.25, -0.2) is 9.97 Å². The van der Waals surface area contributed by atoms with Gasteiger partial charge in [-0.2, -0.15) is 0 Å². The van der Waals surface area contributed by atoms with Gasteiger partial charge in [-0.05, 0) is 74.6 Å². The highest BCUT2D eigenvalue weighted by molar-refractivity contribution is 6.30. The van der Waals surface area contributed by atoms with Crippen LogP contribution >= 0.6 is 11.6 Å². The summed E-state index contributed by atoms with van der Waals surface area (Å²) in [6.07, 6.45) is 8.20. The molecule has 1 aliphatic rings. The van der Waals surface area contributed by atoms with Crippen molar-refractivity contribution in [2.45, 2.75) is 44.6 Å². The van der Waals surface area contributed by atoms with Crippen LogP contribution in [-0.4, -0.2) is 22.6 Å². The lowest BCUT2D eigenvalue weighted by molar-refractivity contribution is 0.339. The Bertz CT molecular complexity index is 1030. The van der Waals surface area contributed by atoms with Crippen LogP contribution in [0.5, 0.6) is 5.75 Å². The van der Waals surface area contributed by atoms with Crippen molar-refractivity contribution in [2.75, 3.05) is 6.61 Å². The van der Waals surface area contributed by atoms with Crippen LogP contribution in [-0.2, 0) is 0 Å². The molecule has 5 nitrogen and oxygen atoms in total. The smallest absolute Gasteiger partial charge is 0.152 e. The monoisotopic (exact) mass is 422 g/mol. The molecule has 1 aliphatic carbocycles. The van der Waals surface area contributed by atoms with Crippen LogP contribution in [0.3, 0.4) is 0 Å². The lowest BCUT2D eigenvalue weighted by atomic mass is 9.83. The van der Waals surface area contributed by atoms with Crippen molar-refractivity contribution in [3.63, 3.8) is 0 Å². The number of aromatic nitrogens is 2. The molecule has 0 amide bonds. The molecule has 156 valence electrons. The van der Waals surface area contributed by atoms with Crippen LogP contribution < -0.4 is 16.0 Å². The van der Waals surface area contributed by atoms with Crippen molar-refractivity contribution >= 4 is 34.7 Å². The number of halogens is 1. The summed E-state index contributed by atoms with van der Waals surface area (Å²) in [7, 11) is 0. The van der Waals surface area contributed by atoms with Gasteiger partial charge in [0.15, 0.2) is 5.82 Å². The number of hydrazine groups is 1. The highest BCUT2D eigenvalue weighted by Crippen LogP contribution is 2.36. The Labute approximate surface area is 182 Å². The predicted octanol–water partition coefficient (Wildman–Crippen LogP) is 5.34. The van der Waals surface area contributed by atoms with Crippen LogP contribution in [0.1, 0.15) is 55.6 Å². The average molecular weight is 423 g/mol. The molecule has 2 aromatic carbocycles. The van der Waals surface area contributed by atoms with Crippen molar-refractivity contribution in [3.05, 3.63) is 64.6 Å². The van der Waals surface area contributed by atoms with Crippen molar-refractivity contribution in [1.82, 2.24) is 15.4 Å². The van der Waals surface area contributed by atoms with Gasteiger partial charge >= 0.3 is 0 Å². The molecule has 1 heterocycles. The fraction of sp³-hybridized carbons (Fsp3) is 0.333. The van der Waals surface area contributed by atoms with Gasteiger partial charge < -0.3 is 4.74 Å². The number of hydrogen-bond donors (Lipinski definition) is 2. The fourth-order valence-electron chi connectivity index (χ4n) is 4.07. The van der Waals surface area contributed by atoms with Gasteiger partial charge in [0.1, 0.15) is 5.75 Å². The Morgan fingerprint density at radius 2 is 1.83 bits per heavy atom. The van der Waals surface area contributed by atoms with Gasteiger partial charge in [0, 0.05) is 22.4 Å². The first-order valence-electron chi connectivity index (χ1n) is 10.5. The molecule has 6 heteroatoms. The van der Waals surface area contributed by atoms with E-state index in [-0.39, 0.29) is 0 Å². The van der Waals surface area contributed by atoms with E-state index in [1.54, 1.807) is 0 Å². The lowest BCUT2D eigenvalue weighted by Gasteiger charge is -2.28. The highest BCUT2D eigenvalue weighted by Gasteiger charge is 2.25. The first-order valence-corrected chi connectivity index (χ1v) is 10.9. The Morgan fingerprint density at radius 3 is 2.53 bits per heavy atom. The number of nitrogens with two attached hydrogens (primary N) is 1. The quantitative estimate of drug-likeness (QED) is 0.414. The third kappa shape index (κ3) is 4.81. The van der Waals surface area contributed by atoms with Crippen LogP contribution in [0, 0.1) is 0 Å². The van der Waals surface area contributed by atoms with Crippen LogP contribution in [0.15, 0.2) is 42.5 Å². The maximum absolute atomic E-state index is 5.99. The van der Waals surface area contributed by atoms with E-state index in [1.807, 2.05) is 55.5 Å². The molecule has 3 N–H and O–H groups in total. The van der Waals surface area contributed by atoms with E-state index in [9.17, 15) is 0 Å². The summed E-state index contributed by atoms with van der Waals surface area (Å²) >= 11 is 5.99. The standard InChI is InChI=1S/C24H27ClN4O/c1-2-30-20-12-13-22-21(15-20)24(17-6-10-19(29-26)11-7-17)28-23(27-22)14-5-16-3-8-18(25)9-4-16/h3-5,8-9,12-15,17,19,29H,2,6-7,10-11,26H2,1H3. The molecule has 0 atom stereocenters. The zero-order chi connectivity index (χ0) is 20.9. The van der Waals surface area contributed by atoms with Crippen LogP contribution in [0.2, 0.25) is 5.02 Å². The molecule has 1 aromatic heterocycles. The van der Waals surface area contributed by atoms with E-state index in [4.69, 9.17) is 32.1 Å². The minimum atomic E-state index is 0.387. The van der Waals surface area contributed by atoms with Gasteiger partial charge in [-0.15, -0.1) is 0 Å². The first kappa shape index (κ1) is 20.8. The molecular formula is C24H27ClN4O. The zero-order valence-corrected chi connectivity index (χ0v) is 17.9. The molecule has 1 saturated carbocycles. The molecule has 0 saturated heterocycles. The number of nitrogens with zero attached hydrogens (tertiary/aromatic N) is 2. The number of rotatable bonds is 6. The summed E-state index contributed by atoms with van der Waals surface area (Å²) < 4.78 is 5.73. The second kappa shape index (κ2) is 9.56. The SMILES string of the molecule is CCOc1ccc2nc(C=Cc3ccc(Cl)cc3)nc(C3CCC(NN)CC3)c2c1. The normalized spacial score (nSPS) is 19.4. The van der Waals surface area contributed by atoms with E-state index in [0.29, 0.717) is 18.6 Å². The summed E-state index contributed by atoms with van der Waals surface area (Å²) in [5.41, 5.74) is 6.03. The Morgan fingerprint density at radius 1 is 1.07 bits per heavy atom. The molecule has 4 rings (SSSR count). The highest BCUT2D eigenvalue weighted by atomic mass is 35.5. The molecule has 0 aliphatic heterocycles. The molecule has 0 radical (unpaired) electrons. The summed E-state index contributed by atoms with van der Waals surface area (Å²) in [6, 6.07) is 14.2. The molecule has 30 heavy (non-hydrogen) atoms. The van der Waals surface area contributed by atoms with Crippen LogP contribution in [0.4, 0.5) is 0 Å². The third-order valence-corrected chi connectivity index (χ3v) is 5.92. The number of nitrogens with one attached hydrogen (secondary N) is 1.